The molecule has 1 aromatic heterocycles. The van der Waals surface area contributed by atoms with Gasteiger partial charge in [0.1, 0.15) is 0 Å². The van der Waals surface area contributed by atoms with Crippen LogP contribution in [0.1, 0.15) is 27.0 Å². The minimum Gasteiger partial charge on any atom is -0.320 e. The maximum atomic E-state index is 12.7. The van der Waals surface area contributed by atoms with E-state index in [-0.39, 0.29) is 5.69 Å². The van der Waals surface area contributed by atoms with E-state index in [1.807, 2.05) is 13.0 Å². The van der Waals surface area contributed by atoms with Crippen LogP contribution in [-0.4, -0.2) is 5.91 Å². The highest BCUT2D eigenvalue weighted by molar-refractivity contribution is 9.10. The van der Waals surface area contributed by atoms with Crippen molar-refractivity contribution < 1.29 is 18.0 Å². The highest BCUT2D eigenvalue weighted by Crippen LogP contribution is 2.34. The summed E-state index contributed by atoms with van der Waals surface area (Å²) in [5.41, 5.74) is -0.706. The van der Waals surface area contributed by atoms with E-state index in [4.69, 9.17) is 0 Å². The number of hydrogen-bond donors (Lipinski definition) is 1. The second-order valence-corrected chi connectivity index (χ2v) is 6.29. The Morgan fingerprint density at radius 1 is 1.29 bits per heavy atom. The Kier molecular flexibility index (Phi) is 4.73. The summed E-state index contributed by atoms with van der Waals surface area (Å²) >= 11 is 4.46. The molecule has 2 aromatic rings. The van der Waals surface area contributed by atoms with Crippen LogP contribution in [0, 0.1) is 0 Å². The van der Waals surface area contributed by atoms with Crippen molar-refractivity contribution >= 4 is 38.9 Å². The third kappa shape index (κ3) is 3.85. The molecule has 112 valence electrons. The Bertz CT molecular complexity index is 666. The quantitative estimate of drug-likeness (QED) is 0.767. The summed E-state index contributed by atoms with van der Waals surface area (Å²) in [6, 6.07) is 6.64. The highest BCUT2D eigenvalue weighted by Gasteiger charge is 2.31. The summed E-state index contributed by atoms with van der Waals surface area (Å²) in [5, 5.41) is 2.50. The number of alkyl halides is 3. The number of nitrogens with one attached hydrogen (secondary N) is 1. The van der Waals surface area contributed by atoms with Gasteiger partial charge in [0, 0.05) is 9.35 Å². The van der Waals surface area contributed by atoms with Crippen LogP contribution in [-0.2, 0) is 12.6 Å². The van der Waals surface area contributed by atoms with Crippen molar-refractivity contribution in [1.82, 2.24) is 0 Å². The van der Waals surface area contributed by atoms with Crippen molar-refractivity contribution in [3.05, 3.63) is 50.1 Å². The van der Waals surface area contributed by atoms with Gasteiger partial charge in [0.2, 0.25) is 0 Å². The minimum absolute atomic E-state index is 0.0984. The Labute approximate surface area is 132 Å². The van der Waals surface area contributed by atoms with Gasteiger partial charge in [-0.15, -0.1) is 11.3 Å². The molecule has 0 spiro atoms. The molecule has 0 atom stereocenters. The Hall–Kier alpha value is -1.34. The van der Waals surface area contributed by atoms with E-state index in [1.54, 1.807) is 6.07 Å². The zero-order chi connectivity index (χ0) is 15.6. The van der Waals surface area contributed by atoms with Crippen LogP contribution in [0.4, 0.5) is 18.9 Å². The fraction of sp³-hybridized carbons (Fsp3) is 0.214. The van der Waals surface area contributed by atoms with Crippen molar-refractivity contribution in [3.8, 4) is 0 Å². The van der Waals surface area contributed by atoms with Crippen LogP contribution in [0.5, 0.6) is 0 Å². The summed E-state index contributed by atoms with van der Waals surface area (Å²) in [4.78, 5) is 13.6. The molecule has 0 saturated heterocycles. The second-order valence-electron chi connectivity index (χ2n) is 4.27. The van der Waals surface area contributed by atoms with E-state index in [1.165, 1.54) is 17.4 Å². The molecular weight excluding hydrogens is 367 g/mol. The number of carbonyl (C=O) groups excluding carboxylic acids is 1. The monoisotopic (exact) mass is 377 g/mol. The van der Waals surface area contributed by atoms with Crippen LogP contribution >= 0.6 is 27.3 Å². The van der Waals surface area contributed by atoms with Crippen molar-refractivity contribution in [2.45, 2.75) is 19.5 Å². The van der Waals surface area contributed by atoms with E-state index in [9.17, 15) is 18.0 Å². The topological polar surface area (TPSA) is 29.1 Å². The maximum Gasteiger partial charge on any atom is 0.416 e. The Morgan fingerprint density at radius 2 is 2.00 bits per heavy atom. The van der Waals surface area contributed by atoms with Gasteiger partial charge in [0.05, 0.1) is 16.1 Å². The van der Waals surface area contributed by atoms with Gasteiger partial charge in [0.25, 0.3) is 5.91 Å². The van der Waals surface area contributed by atoms with Crippen LogP contribution in [0.2, 0.25) is 0 Å². The normalized spacial score (nSPS) is 11.5. The number of benzene rings is 1. The molecule has 7 heteroatoms. The predicted octanol–water partition coefficient (Wildman–Crippen LogP) is 5.34. The Balaban J connectivity index is 2.24. The fourth-order valence-electron chi connectivity index (χ4n) is 1.67. The van der Waals surface area contributed by atoms with Crippen LogP contribution in [0.25, 0.3) is 0 Å². The van der Waals surface area contributed by atoms with Crippen molar-refractivity contribution in [3.63, 3.8) is 0 Å². The lowest BCUT2D eigenvalue weighted by Gasteiger charge is -2.11. The van der Waals surface area contributed by atoms with E-state index in [0.29, 0.717) is 9.35 Å². The number of thiophene rings is 1. The molecule has 0 aliphatic heterocycles. The number of aryl methyl sites for hydroxylation is 1. The third-order valence-corrected chi connectivity index (χ3v) is 4.70. The summed E-state index contributed by atoms with van der Waals surface area (Å²) in [6.07, 6.45) is -3.64. The van der Waals surface area contributed by atoms with E-state index < -0.39 is 17.6 Å². The largest absolute Gasteiger partial charge is 0.416 e. The van der Waals surface area contributed by atoms with Gasteiger partial charge >= 0.3 is 6.18 Å². The zero-order valence-corrected chi connectivity index (χ0v) is 13.3. The number of carbonyl (C=O) groups is 1. The standard InChI is InChI=1S/C14H11BrF3NOS/c1-2-9-4-6-12(21-9)13(20)19-11-7-8(14(16,17)18)3-5-10(11)15/h3-7H,2H2,1H3,(H,19,20). The van der Waals surface area contributed by atoms with E-state index in [0.717, 1.165) is 23.4 Å². The molecule has 0 saturated carbocycles. The zero-order valence-electron chi connectivity index (χ0n) is 10.9. The molecule has 0 unspecified atom stereocenters. The number of rotatable bonds is 3. The molecule has 1 heterocycles. The van der Waals surface area contributed by atoms with E-state index in [2.05, 4.69) is 21.2 Å². The first-order chi connectivity index (χ1) is 9.81. The van der Waals surface area contributed by atoms with Crippen molar-refractivity contribution in [2.75, 3.05) is 5.32 Å². The number of anilines is 1. The van der Waals surface area contributed by atoms with Crippen LogP contribution in [0.3, 0.4) is 0 Å². The molecule has 0 bridgehead atoms. The van der Waals surface area contributed by atoms with Crippen molar-refractivity contribution in [1.29, 1.82) is 0 Å². The molecule has 2 nitrogen and oxygen atoms in total. The maximum absolute atomic E-state index is 12.7. The molecule has 0 aliphatic rings. The van der Waals surface area contributed by atoms with Gasteiger partial charge < -0.3 is 5.32 Å². The van der Waals surface area contributed by atoms with Gasteiger partial charge in [-0.25, -0.2) is 0 Å². The summed E-state index contributed by atoms with van der Waals surface area (Å²) < 4.78 is 38.4. The highest BCUT2D eigenvalue weighted by atomic mass is 79.9. The average molecular weight is 378 g/mol. The molecule has 1 aromatic carbocycles. The van der Waals surface area contributed by atoms with Gasteiger partial charge in [0.15, 0.2) is 0 Å². The summed E-state index contributed by atoms with van der Waals surface area (Å²) in [5.74, 6) is -0.417. The number of halogens is 4. The predicted molar refractivity (Wildman–Crippen MR) is 80.8 cm³/mol. The molecule has 2 rings (SSSR count). The summed E-state index contributed by atoms with van der Waals surface area (Å²) in [6.45, 7) is 1.97. The Morgan fingerprint density at radius 3 is 2.57 bits per heavy atom. The lowest BCUT2D eigenvalue weighted by Crippen LogP contribution is -2.12. The third-order valence-electron chi connectivity index (χ3n) is 2.78. The molecule has 0 aliphatic carbocycles. The van der Waals surface area contributed by atoms with Crippen molar-refractivity contribution in [2.24, 2.45) is 0 Å². The molecule has 21 heavy (non-hydrogen) atoms. The first-order valence-corrected chi connectivity index (χ1v) is 7.69. The molecule has 1 amide bonds. The SMILES string of the molecule is CCc1ccc(C(=O)Nc2cc(C(F)(F)F)ccc2Br)s1. The first-order valence-electron chi connectivity index (χ1n) is 6.08. The summed E-state index contributed by atoms with van der Waals surface area (Å²) in [7, 11) is 0. The average Bonchev–Trinajstić information content (AvgIpc) is 2.88. The molecular formula is C14H11BrF3NOS. The first kappa shape index (κ1) is 16.0. The lowest BCUT2D eigenvalue weighted by atomic mass is 10.2. The minimum atomic E-state index is -4.45. The number of hydrogen-bond acceptors (Lipinski definition) is 2. The second kappa shape index (κ2) is 6.19. The van der Waals surface area contributed by atoms with Crippen LogP contribution in [0.15, 0.2) is 34.8 Å². The number of amides is 1. The van der Waals surface area contributed by atoms with Gasteiger partial charge in [-0.3, -0.25) is 4.79 Å². The molecule has 1 N–H and O–H groups in total. The van der Waals surface area contributed by atoms with E-state index >= 15 is 0 Å². The van der Waals surface area contributed by atoms with Gasteiger partial charge in [-0.1, -0.05) is 6.92 Å². The van der Waals surface area contributed by atoms with Gasteiger partial charge in [-0.2, -0.15) is 13.2 Å². The fourth-order valence-corrected chi connectivity index (χ4v) is 2.86. The smallest absolute Gasteiger partial charge is 0.320 e. The van der Waals surface area contributed by atoms with Crippen LogP contribution < -0.4 is 5.32 Å². The molecule has 0 radical (unpaired) electrons. The van der Waals surface area contributed by atoms with Gasteiger partial charge in [-0.05, 0) is 52.7 Å². The molecule has 0 fully saturated rings. The lowest BCUT2D eigenvalue weighted by molar-refractivity contribution is -0.137.